The van der Waals surface area contributed by atoms with E-state index in [4.69, 9.17) is 0 Å². The molecule has 0 saturated carbocycles. The van der Waals surface area contributed by atoms with Gasteiger partial charge in [-0.3, -0.25) is 4.79 Å². The third kappa shape index (κ3) is 3.35. The Balaban J connectivity index is 1.57. The average molecular weight is 600 g/mol. The molecular formula is C33H28Br2O. The van der Waals surface area contributed by atoms with E-state index >= 15 is 0 Å². The van der Waals surface area contributed by atoms with Gasteiger partial charge in [-0.15, -0.1) is 0 Å². The van der Waals surface area contributed by atoms with Crippen molar-refractivity contribution in [1.29, 1.82) is 0 Å². The van der Waals surface area contributed by atoms with Gasteiger partial charge in [0.15, 0.2) is 5.78 Å². The minimum atomic E-state index is -0.172. The van der Waals surface area contributed by atoms with E-state index in [0.29, 0.717) is 0 Å². The van der Waals surface area contributed by atoms with Crippen LogP contribution >= 0.6 is 31.9 Å². The second-order valence-electron chi connectivity index (χ2n) is 11.1. The zero-order valence-electron chi connectivity index (χ0n) is 21.0. The summed E-state index contributed by atoms with van der Waals surface area (Å²) in [6.07, 6.45) is 1.52. The van der Waals surface area contributed by atoms with Crippen LogP contribution in [0.2, 0.25) is 0 Å². The van der Waals surface area contributed by atoms with Crippen molar-refractivity contribution in [2.75, 3.05) is 0 Å². The number of rotatable bonds is 2. The van der Waals surface area contributed by atoms with E-state index < -0.39 is 0 Å². The molecule has 0 atom stereocenters. The fraction of sp³-hybridized carbons (Fsp3) is 0.242. The summed E-state index contributed by atoms with van der Waals surface area (Å²) in [5.74, 6) is 0.0906. The van der Waals surface area contributed by atoms with Crippen LogP contribution in [0, 0.1) is 0 Å². The van der Waals surface area contributed by atoms with Crippen molar-refractivity contribution >= 4 is 37.6 Å². The van der Waals surface area contributed by atoms with E-state index in [-0.39, 0.29) is 16.6 Å². The molecule has 6 rings (SSSR count). The lowest BCUT2D eigenvalue weighted by atomic mass is 9.66. The number of fused-ring (bicyclic) bond motifs is 4. The lowest BCUT2D eigenvalue weighted by Gasteiger charge is -2.37. The monoisotopic (exact) mass is 598 g/mol. The van der Waals surface area contributed by atoms with Crippen LogP contribution in [0.1, 0.15) is 88.1 Å². The summed E-state index contributed by atoms with van der Waals surface area (Å²) in [5.41, 5.74) is 11.3. The van der Waals surface area contributed by atoms with Crippen molar-refractivity contribution in [3.63, 3.8) is 0 Å². The summed E-state index contributed by atoms with van der Waals surface area (Å²) in [7, 11) is 0. The number of hydrogen-bond donors (Lipinski definition) is 0. The Hall–Kier alpha value is -2.49. The van der Waals surface area contributed by atoms with Crippen molar-refractivity contribution in [3.8, 4) is 0 Å². The summed E-state index contributed by atoms with van der Waals surface area (Å²) in [5, 5.41) is 0. The Morgan fingerprint density at radius 3 is 1.39 bits per heavy atom. The van der Waals surface area contributed by atoms with E-state index in [0.717, 1.165) is 44.0 Å². The molecule has 0 amide bonds. The summed E-state index contributed by atoms with van der Waals surface area (Å²) < 4.78 is 1.72. The van der Waals surface area contributed by atoms with Crippen LogP contribution < -0.4 is 0 Å². The molecule has 0 heterocycles. The second-order valence-corrected chi connectivity index (χ2v) is 12.9. The van der Waals surface area contributed by atoms with Gasteiger partial charge in [0.2, 0.25) is 0 Å². The molecule has 1 nitrogen and oxygen atoms in total. The Bertz CT molecular complexity index is 1460. The first-order valence-corrected chi connectivity index (χ1v) is 14.1. The molecule has 0 saturated heterocycles. The van der Waals surface area contributed by atoms with E-state index in [2.05, 4.69) is 132 Å². The third-order valence-electron chi connectivity index (χ3n) is 8.44. The number of carbonyl (C=O) groups excluding carboxylic acids is 1. The van der Waals surface area contributed by atoms with Gasteiger partial charge < -0.3 is 0 Å². The van der Waals surface area contributed by atoms with Crippen molar-refractivity contribution in [2.45, 2.75) is 51.4 Å². The SMILES string of the molecule is CC1(C)c2ccccc2Cc2c1ccc(Br)c2C(=O)c1c(Br)ccc2c1Cc1ccccc1C2(C)C. The molecule has 36 heavy (non-hydrogen) atoms. The Morgan fingerprint density at radius 1 is 0.583 bits per heavy atom. The van der Waals surface area contributed by atoms with Crippen molar-refractivity contribution < 1.29 is 4.79 Å². The maximum absolute atomic E-state index is 14.6. The maximum Gasteiger partial charge on any atom is 0.195 e. The topological polar surface area (TPSA) is 17.1 Å². The third-order valence-corrected chi connectivity index (χ3v) is 9.76. The second kappa shape index (κ2) is 8.26. The fourth-order valence-electron chi connectivity index (χ4n) is 6.63. The van der Waals surface area contributed by atoms with Gasteiger partial charge in [0.25, 0.3) is 0 Å². The molecule has 3 heteroatoms. The van der Waals surface area contributed by atoms with Gasteiger partial charge in [-0.2, -0.15) is 0 Å². The highest BCUT2D eigenvalue weighted by Gasteiger charge is 2.38. The first-order chi connectivity index (χ1) is 17.1. The molecule has 2 aliphatic rings. The predicted octanol–water partition coefficient (Wildman–Crippen LogP) is 8.90. The normalized spacial score (nSPS) is 16.4. The first-order valence-electron chi connectivity index (χ1n) is 12.5. The molecule has 4 aromatic carbocycles. The number of benzene rings is 4. The van der Waals surface area contributed by atoms with Crippen LogP contribution in [-0.2, 0) is 23.7 Å². The van der Waals surface area contributed by atoms with Crippen LogP contribution in [0.25, 0.3) is 0 Å². The summed E-state index contributed by atoms with van der Waals surface area (Å²) in [6, 6.07) is 25.8. The van der Waals surface area contributed by atoms with Gasteiger partial charge >= 0.3 is 0 Å². The largest absolute Gasteiger partial charge is 0.289 e. The van der Waals surface area contributed by atoms with E-state index in [1.165, 1.54) is 33.4 Å². The molecule has 0 aliphatic heterocycles. The van der Waals surface area contributed by atoms with Gasteiger partial charge in [-0.25, -0.2) is 0 Å². The highest BCUT2D eigenvalue weighted by molar-refractivity contribution is 9.11. The molecule has 0 spiro atoms. The smallest absolute Gasteiger partial charge is 0.195 e. The maximum atomic E-state index is 14.6. The van der Waals surface area contributed by atoms with E-state index in [1.807, 2.05) is 0 Å². The molecule has 0 fully saturated rings. The number of ketones is 1. The van der Waals surface area contributed by atoms with Crippen LogP contribution in [-0.4, -0.2) is 5.78 Å². The molecule has 0 unspecified atom stereocenters. The van der Waals surface area contributed by atoms with Gasteiger partial charge in [-0.1, -0.05) is 120 Å². The van der Waals surface area contributed by atoms with Crippen LogP contribution in [0.15, 0.2) is 81.7 Å². The highest BCUT2D eigenvalue weighted by Crippen LogP contribution is 2.47. The lowest BCUT2D eigenvalue weighted by Crippen LogP contribution is -2.30. The lowest BCUT2D eigenvalue weighted by molar-refractivity contribution is 0.103. The van der Waals surface area contributed by atoms with Gasteiger partial charge in [0, 0.05) is 30.9 Å². The molecule has 0 N–H and O–H groups in total. The summed E-state index contributed by atoms with van der Waals surface area (Å²) in [4.78, 5) is 14.6. The standard InChI is InChI=1S/C33H28Br2O/c1-32(2)23-11-7-5-9-19(23)17-21-25(32)13-15-27(34)29(21)31(36)30-22-18-20-10-6-8-12-24(20)33(3,4)26(22)14-16-28(30)35/h5-16H,17-18H2,1-4H3. The molecular weight excluding hydrogens is 572 g/mol. The minimum absolute atomic E-state index is 0.0906. The van der Waals surface area contributed by atoms with Crippen molar-refractivity contribution in [2.24, 2.45) is 0 Å². The molecule has 0 bridgehead atoms. The molecule has 2 aliphatic carbocycles. The number of carbonyl (C=O) groups is 1. The first kappa shape index (κ1) is 23.9. The van der Waals surface area contributed by atoms with Gasteiger partial charge in [0.05, 0.1) is 0 Å². The highest BCUT2D eigenvalue weighted by atomic mass is 79.9. The Labute approximate surface area is 230 Å². The minimum Gasteiger partial charge on any atom is -0.289 e. The quantitative estimate of drug-likeness (QED) is 0.210. The Kier molecular flexibility index (Phi) is 5.48. The molecule has 180 valence electrons. The average Bonchev–Trinajstić information content (AvgIpc) is 2.83. The Morgan fingerprint density at radius 2 is 0.972 bits per heavy atom. The van der Waals surface area contributed by atoms with Gasteiger partial charge in [0.1, 0.15) is 0 Å². The van der Waals surface area contributed by atoms with Crippen molar-refractivity contribution in [1.82, 2.24) is 0 Å². The zero-order chi connectivity index (χ0) is 25.4. The number of halogens is 2. The molecule has 4 aromatic rings. The van der Waals surface area contributed by atoms with E-state index in [1.54, 1.807) is 0 Å². The van der Waals surface area contributed by atoms with Gasteiger partial charge in [-0.05, 0) is 69.5 Å². The molecule has 0 aromatic heterocycles. The summed E-state index contributed by atoms with van der Waals surface area (Å²) >= 11 is 7.57. The fourth-order valence-corrected chi connectivity index (χ4v) is 7.74. The zero-order valence-corrected chi connectivity index (χ0v) is 24.2. The van der Waals surface area contributed by atoms with E-state index in [9.17, 15) is 4.79 Å². The van der Waals surface area contributed by atoms with Crippen LogP contribution in [0.4, 0.5) is 0 Å². The summed E-state index contributed by atoms with van der Waals surface area (Å²) in [6.45, 7) is 9.08. The predicted molar refractivity (Wildman–Crippen MR) is 154 cm³/mol. The molecule has 0 radical (unpaired) electrons. The number of hydrogen-bond acceptors (Lipinski definition) is 1. The van der Waals surface area contributed by atoms with Crippen LogP contribution in [0.5, 0.6) is 0 Å². The van der Waals surface area contributed by atoms with Crippen LogP contribution in [0.3, 0.4) is 0 Å². The van der Waals surface area contributed by atoms with Crippen molar-refractivity contribution in [3.05, 3.63) is 137 Å².